The van der Waals surface area contributed by atoms with Crippen molar-refractivity contribution in [2.24, 2.45) is 0 Å². The highest BCUT2D eigenvalue weighted by atomic mass is 32.1. The van der Waals surface area contributed by atoms with E-state index >= 15 is 0 Å². The molecule has 0 amide bonds. The largest absolute Gasteiger partial charge is 0.389 e. The van der Waals surface area contributed by atoms with Crippen LogP contribution in [0.15, 0.2) is 4.79 Å². The number of nitrogens with one attached hydrogen (secondary N) is 1. The summed E-state index contributed by atoms with van der Waals surface area (Å²) in [5.41, 5.74) is 0.594. The minimum absolute atomic E-state index is 0.102. The van der Waals surface area contributed by atoms with Crippen molar-refractivity contribution in [3.05, 3.63) is 26.6 Å². The number of fused-ring (bicyclic) bond motifs is 1. The van der Waals surface area contributed by atoms with Crippen molar-refractivity contribution in [1.82, 2.24) is 14.9 Å². The van der Waals surface area contributed by atoms with Gasteiger partial charge in [-0.25, -0.2) is 4.98 Å². The lowest BCUT2D eigenvalue weighted by atomic mass is 10.2. The number of thiophene rings is 1. The second-order valence-corrected chi connectivity index (χ2v) is 9.34. The van der Waals surface area contributed by atoms with E-state index in [0.29, 0.717) is 30.9 Å². The summed E-state index contributed by atoms with van der Waals surface area (Å²) >= 11 is 1.54. The molecule has 0 aliphatic rings. The molecule has 0 unspecified atom stereocenters. The third-order valence-corrected chi connectivity index (χ3v) is 5.56. The Balaban J connectivity index is 2.12. The van der Waals surface area contributed by atoms with Crippen LogP contribution in [0, 0.1) is 13.8 Å². The van der Waals surface area contributed by atoms with Crippen molar-refractivity contribution >= 4 is 21.6 Å². The lowest BCUT2D eigenvalue weighted by molar-refractivity contribution is -0.0571. The summed E-state index contributed by atoms with van der Waals surface area (Å²) < 4.78 is 10.8. The van der Waals surface area contributed by atoms with Crippen LogP contribution in [-0.4, -0.2) is 65.1 Å². The number of rotatable bonds is 10. The summed E-state index contributed by atoms with van der Waals surface area (Å²) in [6.45, 7) is 12.4. The standard InChI is InChI=1S/C20H33N3O4S/c1-13-14(2)28-19-17(13)18(25)21-16(22-19)11-23(8-7-9-26-6)10-15(24)12-27-20(3,4)5/h15,24H,7-12H2,1-6H3,(H,21,22,25)/t15-/m1/s1. The first-order valence-electron chi connectivity index (χ1n) is 9.63. The van der Waals surface area contributed by atoms with Crippen LogP contribution >= 0.6 is 11.3 Å². The highest BCUT2D eigenvalue weighted by Gasteiger charge is 2.18. The Labute approximate surface area is 170 Å². The molecule has 2 aromatic rings. The molecule has 8 heteroatoms. The molecule has 2 heterocycles. The number of hydrogen-bond donors (Lipinski definition) is 2. The van der Waals surface area contributed by atoms with E-state index < -0.39 is 6.10 Å². The summed E-state index contributed by atoms with van der Waals surface area (Å²) in [6, 6.07) is 0. The zero-order valence-electron chi connectivity index (χ0n) is 17.8. The van der Waals surface area contributed by atoms with Crippen LogP contribution in [0.3, 0.4) is 0 Å². The van der Waals surface area contributed by atoms with Gasteiger partial charge in [0.05, 0.1) is 30.2 Å². The van der Waals surface area contributed by atoms with Crippen LogP contribution in [0.4, 0.5) is 0 Å². The van der Waals surface area contributed by atoms with Gasteiger partial charge in [0, 0.05) is 31.7 Å². The Morgan fingerprint density at radius 3 is 2.68 bits per heavy atom. The molecule has 0 aromatic carbocycles. The molecule has 0 saturated heterocycles. The molecule has 0 fully saturated rings. The number of aryl methyl sites for hydroxylation is 2. The van der Waals surface area contributed by atoms with E-state index in [1.807, 2.05) is 34.6 Å². The Hall–Kier alpha value is -1.32. The van der Waals surface area contributed by atoms with Crippen LogP contribution in [0.1, 0.15) is 43.5 Å². The second kappa shape index (κ2) is 9.93. The van der Waals surface area contributed by atoms with Gasteiger partial charge in [0.1, 0.15) is 10.7 Å². The monoisotopic (exact) mass is 411 g/mol. The lowest BCUT2D eigenvalue weighted by Gasteiger charge is -2.27. The van der Waals surface area contributed by atoms with Gasteiger partial charge in [-0.2, -0.15) is 0 Å². The minimum Gasteiger partial charge on any atom is -0.389 e. The molecular weight excluding hydrogens is 378 g/mol. The highest BCUT2D eigenvalue weighted by molar-refractivity contribution is 7.18. The molecule has 7 nitrogen and oxygen atoms in total. The smallest absolute Gasteiger partial charge is 0.259 e. The first kappa shape index (κ1) is 23.0. The first-order chi connectivity index (χ1) is 13.1. The maximum absolute atomic E-state index is 12.5. The molecule has 0 radical (unpaired) electrons. The average Bonchev–Trinajstić information content (AvgIpc) is 2.87. The summed E-state index contributed by atoms with van der Waals surface area (Å²) in [5.74, 6) is 0.611. The van der Waals surface area contributed by atoms with Gasteiger partial charge >= 0.3 is 0 Å². The van der Waals surface area contributed by atoms with Crippen LogP contribution in [0.2, 0.25) is 0 Å². The molecule has 2 rings (SSSR count). The van der Waals surface area contributed by atoms with Crippen molar-refractivity contribution in [3.63, 3.8) is 0 Å². The summed E-state index contributed by atoms with van der Waals surface area (Å²) in [4.78, 5) is 24.0. The molecule has 2 aromatic heterocycles. The van der Waals surface area contributed by atoms with Crippen molar-refractivity contribution in [3.8, 4) is 0 Å². The maximum atomic E-state index is 12.5. The van der Waals surface area contributed by atoms with E-state index in [9.17, 15) is 9.90 Å². The molecule has 0 aliphatic carbocycles. The zero-order chi connectivity index (χ0) is 20.9. The van der Waals surface area contributed by atoms with Crippen molar-refractivity contribution in [2.75, 3.05) is 33.4 Å². The summed E-state index contributed by atoms with van der Waals surface area (Å²) in [5, 5.41) is 11.1. The highest BCUT2D eigenvalue weighted by Crippen LogP contribution is 2.25. The van der Waals surface area contributed by atoms with Gasteiger partial charge in [0.25, 0.3) is 5.56 Å². The molecule has 2 N–H and O–H groups in total. The van der Waals surface area contributed by atoms with E-state index in [-0.39, 0.29) is 17.8 Å². The van der Waals surface area contributed by atoms with Gasteiger partial charge in [-0.3, -0.25) is 9.69 Å². The van der Waals surface area contributed by atoms with Crippen LogP contribution < -0.4 is 5.56 Å². The van der Waals surface area contributed by atoms with Gasteiger partial charge in [-0.05, 0) is 46.6 Å². The van der Waals surface area contributed by atoms with Gasteiger partial charge in [-0.1, -0.05) is 0 Å². The lowest BCUT2D eigenvalue weighted by Crippen LogP contribution is -2.38. The van der Waals surface area contributed by atoms with Crippen molar-refractivity contribution < 1.29 is 14.6 Å². The molecule has 0 aliphatic heterocycles. The van der Waals surface area contributed by atoms with Gasteiger partial charge < -0.3 is 19.6 Å². The number of aromatic amines is 1. The zero-order valence-corrected chi connectivity index (χ0v) is 18.6. The van der Waals surface area contributed by atoms with E-state index in [1.54, 1.807) is 18.4 Å². The number of methoxy groups -OCH3 is 1. The predicted molar refractivity (Wildman–Crippen MR) is 113 cm³/mol. The second-order valence-electron chi connectivity index (χ2n) is 8.13. The predicted octanol–water partition coefficient (Wildman–Crippen LogP) is 2.62. The number of hydrogen-bond acceptors (Lipinski definition) is 7. The number of aromatic nitrogens is 2. The molecule has 1 atom stereocenters. The van der Waals surface area contributed by atoms with Crippen LogP contribution in [-0.2, 0) is 16.0 Å². The molecule has 28 heavy (non-hydrogen) atoms. The topological polar surface area (TPSA) is 87.7 Å². The third-order valence-electron chi connectivity index (χ3n) is 4.46. The molecule has 0 bridgehead atoms. The van der Waals surface area contributed by atoms with Crippen molar-refractivity contribution in [1.29, 1.82) is 0 Å². The Kier molecular flexibility index (Phi) is 8.15. The summed E-state index contributed by atoms with van der Waals surface area (Å²) in [6.07, 6.45) is 0.205. The Bertz CT molecular complexity index is 825. The molecule has 0 spiro atoms. The third kappa shape index (κ3) is 6.63. The van der Waals surface area contributed by atoms with Gasteiger partial charge in [-0.15, -0.1) is 11.3 Å². The van der Waals surface area contributed by atoms with E-state index in [1.165, 1.54) is 0 Å². The van der Waals surface area contributed by atoms with E-state index in [2.05, 4.69) is 14.9 Å². The number of aliphatic hydroxyl groups excluding tert-OH is 1. The first-order valence-corrected chi connectivity index (χ1v) is 10.4. The number of H-pyrrole nitrogens is 1. The van der Waals surface area contributed by atoms with E-state index in [4.69, 9.17) is 9.47 Å². The Morgan fingerprint density at radius 1 is 1.32 bits per heavy atom. The summed E-state index contributed by atoms with van der Waals surface area (Å²) in [7, 11) is 1.67. The Morgan fingerprint density at radius 2 is 2.04 bits per heavy atom. The van der Waals surface area contributed by atoms with Gasteiger partial charge in [0.2, 0.25) is 0 Å². The van der Waals surface area contributed by atoms with Gasteiger partial charge in [0.15, 0.2) is 0 Å². The number of nitrogens with zero attached hydrogens (tertiary/aromatic N) is 2. The van der Waals surface area contributed by atoms with Crippen LogP contribution in [0.5, 0.6) is 0 Å². The number of ether oxygens (including phenoxy) is 2. The quantitative estimate of drug-likeness (QED) is 0.585. The van der Waals surface area contributed by atoms with E-state index in [0.717, 1.165) is 28.2 Å². The fourth-order valence-corrected chi connectivity index (χ4v) is 4.00. The fourth-order valence-electron chi connectivity index (χ4n) is 2.95. The fraction of sp³-hybridized carbons (Fsp3) is 0.700. The average molecular weight is 412 g/mol. The normalized spacial score (nSPS) is 13.6. The SMILES string of the molecule is COCCCN(Cc1nc2sc(C)c(C)c2c(=O)[nH]1)C[C@@H](O)COC(C)(C)C. The van der Waals surface area contributed by atoms with Crippen LogP contribution in [0.25, 0.3) is 10.2 Å². The molecule has 0 saturated carbocycles. The molecule has 158 valence electrons. The minimum atomic E-state index is -0.622. The maximum Gasteiger partial charge on any atom is 0.259 e. The molecular formula is C20H33N3O4S. The van der Waals surface area contributed by atoms with Crippen molar-refractivity contribution in [2.45, 2.75) is 59.3 Å². The number of aliphatic hydroxyl groups is 1.